The Labute approximate surface area is 181 Å². The largest absolute Gasteiger partial charge is 0.416 e. The molecule has 1 aliphatic heterocycles. The first-order valence-corrected chi connectivity index (χ1v) is 10.2. The van der Waals surface area contributed by atoms with Crippen LogP contribution in [0.15, 0.2) is 48.5 Å². The van der Waals surface area contributed by atoms with E-state index in [4.69, 9.17) is 5.73 Å². The van der Waals surface area contributed by atoms with Crippen molar-refractivity contribution in [3.8, 4) is 11.3 Å². The van der Waals surface area contributed by atoms with Gasteiger partial charge in [0.25, 0.3) is 5.91 Å². The van der Waals surface area contributed by atoms with Gasteiger partial charge in [-0.2, -0.15) is 13.2 Å². The minimum atomic E-state index is -4.48. The Hall–Kier alpha value is -3.59. The van der Waals surface area contributed by atoms with Crippen LogP contribution < -0.4 is 16.0 Å². The second-order valence-electron chi connectivity index (χ2n) is 7.81. The third-order valence-corrected chi connectivity index (χ3v) is 5.77. The van der Waals surface area contributed by atoms with Crippen molar-refractivity contribution < 1.29 is 18.0 Å². The number of nitrogens with two attached hydrogens (primary N) is 1. The van der Waals surface area contributed by atoms with Crippen LogP contribution in [-0.4, -0.2) is 42.1 Å². The van der Waals surface area contributed by atoms with Crippen molar-refractivity contribution >= 4 is 33.5 Å². The molecule has 0 spiro atoms. The molecule has 3 heterocycles. The predicted molar refractivity (Wildman–Crippen MR) is 118 cm³/mol. The van der Waals surface area contributed by atoms with Crippen molar-refractivity contribution in [1.82, 2.24) is 15.3 Å². The minimum Gasteiger partial charge on any atom is -0.369 e. The lowest BCUT2D eigenvalue weighted by atomic mass is 10.0. The summed E-state index contributed by atoms with van der Waals surface area (Å²) in [5.74, 6) is -0.681. The first kappa shape index (κ1) is 20.3. The van der Waals surface area contributed by atoms with Crippen LogP contribution in [0.3, 0.4) is 0 Å². The predicted octanol–water partition coefficient (Wildman–Crippen LogP) is 3.91. The number of anilines is 1. The molecule has 1 fully saturated rings. The molecular weight excluding hydrogens is 419 g/mol. The van der Waals surface area contributed by atoms with Gasteiger partial charge in [-0.3, -0.25) is 4.79 Å². The normalized spacial score (nSPS) is 14.9. The number of hydrogen-bond acceptors (Lipinski definition) is 4. The van der Waals surface area contributed by atoms with Crippen LogP contribution in [0.1, 0.15) is 15.9 Å². The summed E-state index contributed by atoms with van der Waals surface area (Å²) >= 11 is 0. The number of nitrogens with zero attached hydrogens (tertiary/aromatic N) is 2. The van der Waals surface area contributed by atoms with Crippen LogP contribution in [0, 0.1) is 0 Å². The molecule has 0 bridgehead atoms. The molecule has 2 aromatic carbocycles. The molecule has 4 N–H and O–H groups in total. The fourth-order valence-corrected chi connectivity index (χ4v) is 4.16. The Morgan fingerprint density at radius 1 is 1.06 bits per heavy atom. The maximum absolute atomic E-state index is 13.2. The Morgan fingerprint density at radius 2 is 1.84 bits per heavy atom. The smallest absolute Gasteiger partial charge is 0.369 e. The zero-order chi connectivity index (χ0) is 22.5. The summed E-state index contributed by atoms with van der Waals surface area (Å²) in [4.78, 5) is 22.3. The number of carbonyl (C=O) groups is 1. The Balaban J connectivity index is 1.68. The number of carbonyl (C=O) groups excluding carboxylic acids is 1. The molecule has 0 unspecified atom stereocenters. The van der Waals surface area contributed by atoms with Crippen molar-refractivity contribution in [1.29, 1.82) is 0 Å². The first-order chi connectivity index (χ1) is 15.3. The number of nitrogens with one attached hydrogen (secondary N) is 2. The van der Waals surface area contributed by atoms with Gasteiger partial charge in [-0.05, 0) is 36.4 Å². The highest BCUT2D eigenvalue weighted by Gasteiger charge is 2.30. The van der Waals surface area contributed by atoms with E-state index < -0.39 is 17.6 Å². The second-order valence-corrected chi connectivity index (χ2v) is 7.81. The summed E-state index contributed by atoms with van der Waals surface area (Å²) in [5, 5.41) is 4.09. The molecule has 1 amide bonds. The van der Waals surface area contributed by atoms with Gasteiger partial charge in [-0.25, -0.2) is 4.98 Å². The lowest BCUT2D eigenvalue weighted by Crippen LogP contribution is -2.43. The number of piperazine rings is 1. The average Bonchev–Trinajstić information content (AvgIpc) is 3.16. The van der Waals surface area contributed by atoms with Crippen molar-refractivity contribution in [2.24, 2.45) is 5.73 Å². The first-order valence-electron chi connectivity index (χ1n) is 10.2. The molecule has 0 saturated carbocycles. The molecule has 0 radical (unpaired) electrons. The number of hydrogen-bond donors (Lipinski definition) is 3. The van der Waals surface area contributed by atoms with Gasteiger partial charge in [0.2, 0.25) is 0 Å². The highest BCUT2D eigenvalue weighted by molar-refractivity contribution is 6.14. The van der Waals surface area contributed by atoms with Crippen molar-refractivity contribution in [2.75, 3.05) is 31.1 Å². The van der Waals surface area contributed by atoms with Crippen molar-refractivity contribution in [3.05, 3.63) is 59.7 Å². The summed E-state index contributed by atoms with van der Waals surface area (Å²) in [6.45, 7) is 3.57. The van der Waals surface area contributed by atoms with Gasteiger partial charge < -0.3 is 20.9 Å². The summed E-state index contributed by atoms with van der Waals surface area (Å²) in [6, 6.07) is 12.2. The fraction of sp³-hybridized carbons (Fsp3) is 0.217. The Kier molecular flexibility index (Phi) is 4.78. The SMILES string of the molecule is NC(=O)c1cc(-c2cccc(C(F)(F)F)c2)nc2c1[nH]c1cc(N3CCNCC3)ccc12. The number of primary amides is 1. The lowest BCUT2D eigenvalue weighted by Gasteiger charge is -2.29. The number of aromatic amines is 1. The van der Waals surface area contributed by atoms with E-state index in [0.29, 0.717) is 11.0 Å². The molecule has 6 nitrogen and oxygen atoms in total. The number of pyridine rings is 1. The molecule has 0 atom stereocenters. The zero-order valence-electron chi connectivity index (χ0n) is 17.0. The Morgan fingerprint density at radius 3 is 2.56 bits per heavy atom. The number of halogens is 3. The highest BCUT2D eigenvalue weighted by Crippen LogP contribution is 2.35. The third-order valence-electron chi connectivity index (χ3n) is 5.77. The second kappa shape index (κ2) is 7.52. The van der Waals surface area contributed by atoms with Gasteiger partial charge in [0, 0.05) is 42.8 Å². The number of benzene rings is 2. The van der Waals surface area contributed by atoms with Gasteiger partial charge in [0.05, 0.1) is 33.4 Å². The summed E-state index contributed by atoms with van der Waals surface area (Å²) in [5.41, 5.74) is 8.33. The highest BCUT2D eigenvalue weighted by atomic mass is 19.4. The zero-order valence-corrected chi connectivity index (χ0v) is 17.0. The van der Waals surface area contributed by atoms with E-state index >= 15 is 0 Å². The summed E-state index contributed by atoms with van der Waals surface area (Å²) in [7, 11) is 0. The molecule has 2 aromatic heterocycles. The van der Waals surface area contributed by atoms with E-state index in [-0.39, 0.29) is 16.8 Å². The molecule has 164 valence electrons. The van der Waals surface area contributed by atoms with Crippen LogP contribution in [-0.2, 0) is 6.18 Å². The minimum absolute atomic E-state index is 0.183. The monoisotopic (exact) mass is 439 g/mol. The molecule has 0 aliphatic carbocycles. The van der Waals surface area contributed by atoms with E-state index in [1.54, 1.807) is 0 Å². The third kappa shape index (κ3) is 3.54. The number of aromatic nitrogens is 2. The lowest BCUT2D eigenvalue weighted by molar-refractivity contribution is -0.137. The van der Waals surface area contributed by atoms with Crippen LogP contribution in [0.4, 0.5) is 18.9 Å². The standard InChI is InChI=1S/C23H20F3N5O/c24-23(25,26)14-3-1-2-13(10-14)18-12-17(22(27)32)21-20(29-18)16-5-4-15(11-19(16)30-21)31-8-6-28-7-9-31/h1-5,10-12,28,30H,6-9H2,(H2,27,32). The van der Waals surface area contributed by atoms with Crippen LogP contribution in [0.25, 0.3) is 33.2 Å². The van der Waals surface area contributed by atoms with E-state index in [1.807, 2.05) is 18.2 Å². The maximum Gasteiger partial charge on any atom is 0.416 e. The van der Waals surface area contributed by atoms with Crippen LogP contribution >= 0.6 is 0 Å². The molecule has 1 aliphatic rings. The Bertz CT molecular complexity index is 1340. The quantitative estimate of drug-likeness (QED) is 0.452. The maximum atomic E-state index is 13.2. The van der Waals surface area contributed by atoms with E-state index in [1.165, 1.54) is 18.2 Å². The van der Waals surface area contributed by atoms with Gasteiger partial charge in [0.15, 0.2) is 0 Å². The number of amides is 1. The van der Waals surface area contributed by atoms with Crippen LogP contribution in [0.5, 0.6) is 0 Å². The van der Waals surface area contributed by atoms with Crippen molar-refractivity contribution in [2.45, 2.75) is 6.18 Å². The van der Waals surface area contributed by atoms with Gasteiger partial charge in [0.1, 0.15) is 0 Å². The molecule has 4 aromatic rings. The topological polar surface area (TPSA) is 87.0 Å². The van der Waals surface area contributed by atoms with E-state index in [2.05, 4.69) is 20.2 Å². The van der Waals surface area contributed by atoms with E-state index in [9.17, 15) is 18.0 Å². The summed E-state index contributed by atoms with van der Waals surface area (Å²) < 4.78 is 39.6. The van der Waals surface area contributed by atoms with Gasteiger partial charge >= 0.3 is 6.18 Å². The van der Waals surface area contributed by atoms with Gasteiger partial charge in [-0.1, -0.05) is 12.1 Å². The van der Waals surface area contributed by atoms with E-state index in [0.717, 1.165) is 54.9 Å². The number of fused-ring (bicyclic) bond motifs is 3. The molecule has 9 heteroatoms. The average molecular weight is 439 g/mol. The molecular formula is C23H20F3N5O. The van der Waals surface area contributed by atoms with Crippen LogP contribution in [0.2, 0.25) is 0 Å². The van der Waals surface area contributed by atoms with Gasteiger partial charge in [-0.15, -0.1) is 0 Å². The molecule has 5 rings (SSSR count). The number of alkyl halides is 3. The summed E-state index contributed by atoms with van der Waals surface area (Å²) in [6.07, 6.45) is -4.48. The van der Waals surface area contributed by atoms with Crippen molar-refractivity contribution in [3.63, 3.8) is 0 Å². The molecule has 1 saturated heterocycles. The number of rotatable bonds is 3. The fourth-order valence-electron chi connectivity index (χ4n) is 4.16. The number of H-pyrrole nitrogens is 1. The molecule has 32 heavy (non-hydrogen) atoms.